The first kappa shape index (κ1) is 17.0. The molecule has 4 rings (SSSR count). The topological polar surface area (TPSA) is 71.5 Å². The Bertz CT molecular complexity index is 1000. The van der Waals surface area contributed by atoms with E-state index in [1.54, 1.807) is 24.3 Å². The molecule has 0 aliphatic carbocycles. The fraction of sp³-hybridized carbons (Fsp3) is 0.190. The second-order valence-electron chi connectivity index (χ2n) is 6.48. The highest BCUT2D eigenvalue weighted by atomic mass is 16.5. The van der Waals surface area contributed by atoms with Crippen LogP contribution in [0.15, 0.2) is 60.8 Å². The van der Waals surface area contributed by atoms with Gasteiger partial charge in [-0.2, -0.15) is 0 Å². The number of nitrogens with zero attached hydrogens (tertiary/aromatic N) is 2. The summed E-state index contributed by atoms with van der Waals surface area (Å²) in [5, 5.41) is 3.81. The predicted molar refractivity (Wildman–Crippen MR) is 104 cm³/mol. The molecule has 1 aromatic heterocycles. The number of methoxy groups -OCH3 is 1. The summed E-state index contributed by atoms with van der Waals surface area (Å²) >= 11 is 0. The second-order valence-corrected chi connectivity index (χ2v) is 6.48. The molecule has 6 nitrogen and oxygen atoms in total. The molecule has 1 unspecified atom stereocenters. The van der Waals surface area contributed by atoms with E-state index >= 15 is 0 Å². The van der Waals surface area contributed by atoms with Crippen molar-refractivity contribution in [1.82, 2.24) is 4.98 Å². The molecule has 6 heteroatoms. The smallest absolute Gasteiger partial charge is 0.229 e. The van der Waals surface area contributed by atoms with E-state index in [0.717, 1.165) is 11.1 Å². The molecule has 3 aromatic rings. The highest BCUT2D eigenvalue weighted by Crippen LogP contribution is 2.30. The van der Waals surface area contributed by atoms with E-state index in [2.05, 4.69) is 10.3 Å². The van der Waals surface area contributed by atoms with Gasteiger partial charge in [0.25, 0.3) is 0 Å². The van der Waals surface area contributed by atoms with Gasteiger partial charge in [-0.3, -0.25) is 14.6 Å². The van der Waals surface area contributed by atoms with Crippen LogP contribution in [0.3, 0.4) is 0 Å². The zero-order valence-electron chi connectivity index (χ0n) is 14.9. The van der Waals surface area contributed by atoms with Gasteiger partial charge in [-0.05, 0) is 24.3 Å². The number of anilines is 2. The first-order chi connectivity index (χ1) is 13.2. The number of nitrogens with one attached hydrogen (secondary N) is 1. The van der Waals surface area contributed by atoms with Gasteiger partial charge in [0.1, 0.15) is 5.75 Å². The zero-order chi connectivity index (χ0) is 18.8. The largest absolute Gasteiger partial charge is 0.497 e. The van der Waals surface area contributed by atoms with Gasteiger partial charge < -0.3 is 15.0 Å². The van der Waals surface area contributed by atoms with Crippen molar-refractivity contribution in [3.05, 3.63) is 60.8 Å². The van der Waals surface area contributed by atoms with Crippen molar-refractivity contribution in [1.29, 1.82) is 0 Å². The fourth-order valence-electron chi connectivity index (χ4n) is 3.35. The summed E-state index contributed by atoms with van der Waals surface area (Å²) < 4.78 is 5.32. The SMILES string of the molecule is COc1cc(NC(=O)C2CC(=O)N(c3ccccc3)C2)c2ncccc2c1. The van der Waals surface area contributed by atoms with Crippen molar-refractivity contribution >= 4 is 34.1 Å². The number of ether oxygens (including phenoxy) is 1. The van der Waals surface area contributed by atoms with Crippen molar-refractivity contribution < 1.29 is 14.3 Å². The maximum atomic E-state index is 12.8. The van der Waals surface area contributed by atoms with E-state index in [1.165, 1.54) is 0 Å². The standard InChI is InChI=1S/C21H19N3O3/c1-27-17-10-14-6-5-9-22-20(14)18(12-17)23-21(26)15-11-19(25)24(13-15)16-7-3-2-4-8-16/h2-10,12,15H,11,13H2,1H3,(H,23,26). The molecule has 2 amide bonds. The first-order valence-electron chi connectivity index (χ1n) is 8.75. The lowest BCUT2D eigenvalue weighted by Crippen LogP contribution is -2.28. The molecule has 0 radical (unpaired) electrons. The van der Waals surface area contributed by atoms with Crippen molar-refractivity contribution in [2.24, 2.45) is 5.92 Å². The van der Waals surface area contributed by atoms with Crippen molar-refractivity contribution in [3.8, 4) is 5.75 Å². The van der Waals surface area contributed by atoms with Gasteiger partial charge in [0.05, 0.1) is 24.2 Å². The number of benzene rings is 2. The van der Waals surface area contributed by atoms with E-state index < -0.39 is 5.92 Å². The fourth-order valence-corrected chi connectivity index (χ4v) is 3.35. The third kappa shape index (κ3) is 3.33. The molecule has 136 valence electrons. The van der Waals surface area contributed by atoms with Crippen LogP contribution in [0, 0.1) is 5.92 Å². The Hall–Kier alpha value is -3.41. The lowest BCUT2D eigenvalue weighted by molar-refractivity contribution is -0.122. The molecule has 1 fully saturated rings. The number of rotatable bonds is 4. The third-order valence-corrected chi connectivity index (χ3v) is 4.74. The molecule has 1 atom stereocenters. The lowest BCUT2D eigenvalue weighted by Gasteiger charge is -2.17. The van der Waals surface area contributed by atoms with Crippen LogP contribution >= 0.6 is 0 Å². The molecule has 1 aliphatic rings. The molecule has 0 saturated carbocycles. The quantitative estimate of drug-likeness (QED) is 0.774. The molecule has 2 heterocycles. The molecule has 1 saturated heterocycles. The van der Waals surface area contributed by atoms with E-state index in [9.17, 15) is 9.59 Å². The van der Waals surface area contributed by atoms with Crippen LogP contribution < -0.4 is 15.0 Å². The molecule has 1 aliphatic heterocycles. The van der Waals surface area contributed by atoms with Gasteiger partial charge in [-0.15, -0.1) is 0 Å². The predicted octanol–water partition coefficient (Wildman–Crippen LogP) is 3.24. The van der Waals surface area contributed by atoms with Crippen LogP contribution in [0.4, 0.5) is 11.4 Å². The Morgan fingerprint density at radius 3 is 2.78 bits per heavy atom. The monoisotopic (exact) mass is 361 g/mol. The summed E-state index contributed by atoms with van der Waals surface area (Å²) in [4.78, 5) is 31.2. The van der Waals surface area contributed by atoms with Crippen molar-refractivity contribution in [2.75, 3.05) is 23.9 Å². The van der Waals surface area contributed by atoms with Crippen LogP contribution in [0.1, 0.15) is 6.42 Å². The van der Waals surface area contributed by atoms with Crippen LogP contribution in [-0.2, 0) is 9.59 Å². The van der Waals surface area contributed by atoms with Gasteiger partial charge in [0.15, 0.2) is 0 Å². The number of fused-ring (bicyclic) bond motifs is 1. The van der Waals surface area contributed by atoms with Gasteiger partial charge in [0, 0.05) is 36.3 Å². The van der Waals surface area contributed by atoms with E-state index in [4.69, 9.17) is 4.74 Å². The summed E-state index contributed by atoms with van der Waals surface area (Å²) in [5.41, 5.74) is 2.09. The summed E-state index contributed by atoms with van der Waals surface area (Å²) in [6, 6.07) is 16.8. The maximum Gasteiger partial charge on any atom is 0.229 e. The highest BCUT2D eigenvalue weighted by Gasteiger charge is 2.35. The van der Waals surface area contributed by atoms with Crippen molar-refractivity contribution in [3.63, 3.8) is 0 Å². The Labute approximate surface area is 156 Å². The van der Waals surface area contributed by atoms with Gasteiger partial charge in [-0.25, -0.2) is 0 Å². The number of amides is 2. The number of para-hydroxylation sites is 1. The molecule has 1 N–H and O–H groups in total. The molecule has 0 spiro atoms. The number of carbonyl (C=O) groups is 2. The van der Waals surface area contributed by atoms with Crippen LogP contribution in [0.5, 0.6) is 5.75 Å². The van der Waals surface area contributed by atoms with Crippen molar-refractivity contribution in [2.45, 2.75) is 6.42 Å². The minimum atomic E-state index is -0.414. The molecular weight excluding hydrogens is 342 g/mol. The number of carbonyl (C=O) groups excluding carboxylic acids is 2. The van der Waals surface area contributed by atoms with Gasteiger partial charge >= 0.3 is 0 Å². The average Bonchev–Trinajstić information content (AvgIpc) is 3.10. The van der Waals surface area contributed by atoms with E-state index in [0.29, 0.717) is 23.5 Å². The Morgan fingerprint density at radius 1 is 1.19 bits per heavy atom. The van der Waals surface area contributed by atoms with Gasteiger partial charge in [-0.1, -0.05) is 24.3 Å². The summed E-state index contributed by atoms with van der Waals surface area (Å²) in [7, 11) is 1.58. The maximum absolute atomic E-state index is 12.8. The molecule has 27 heavy (non-hydrogen) atoms. The third-order valence-electron chi connectivity index (χ3n) is 4.74. The zero-order valence-corrected chi connectivity index (χ0v) is 14.9. The number of hydrogen-bond donors (Lipinski definition) is 1. The van der Waals surface area contributed by atoms with Crippen LogP contribution in [0.25, 0.3) is 10.9 Å². The molecule has 0 bridgehead atoms. The average molecular weight is 361 g/mol. The minimum Gasteiger partial charge on any atom is -0.497 e. The van der Waals surface area contributed by atoms with E-state index in [1.807, 2.05) is 48.5 Å². The molecule has 2 aromatic carbocycles. The normalized spacial score (nSPS) is 16.6. The summed E-state index contributed by atoms with van der Waals surface area (Å²) in [5.74, 6) is -0.0150. The number of hydrogen-bond acceptors (Lipinski definition) is 4. The van der Waals surface area contributed by atoms with Crippen LogP contribution in [-0.4, -0.2) is 30.5 Å². The summed E-state index contributed by atoms with van der Waals surface area (Å²) in [6.07, 6.45) is 1.87. The minimum absolute atomic E-state index is 0.0463. The highest BCUT2D eigenvalue weighted by molar-refractivity contribution is 6.06. The number of aromatic nitrogens is 1. The van der Waals surface area contributed by atoms with E-state index in [-0.39, 0.29) is 18.2 Å². The van der Waals surface area contributed by atoms with Gasteiger partial charge in [0.2, 0.25) is 11.8 Å². The Morgan fingerprint density at radius 2 is 2.00 bits per heavy atom. The number of pyridine rings is 1. The second kappa shape index (κ2) is 7.07. The Balaban J connectivity index is 1.57. The van der Waals surface area contributed by atoms with Crippen LogP contribution in [0.2, 0.25) is 0 Å². The summed E-state index contributed by atoms with van der Waals surface area (Å²) in [6.45, 7) is 0.365. The lowest BCUT2D eigenvalue weighted by atomic mass is 10.1. The molecular formula is C21H19N3O3. The first-order valence-corrected chi connectivity index (χ1v) is 8.75. The Kier molecular flexibility index (Phi) is 4.46.